The van der Waals surface area contributed by atoms with Crippen molar-refractivity contribution in [1.82, 2.24) is 0 Å². The van der Waals surface area contributed by atoms with Gasteiger partial charge in [0.1, 0.15) is 4.21 Å². The van der Waals surface area contributed by atoms with Gasteiger partial charge in [0.25, 0.3) is 15.7 Å². The van der Waals surface area contributed by atoms with Crippen molar-refractivity contribution < 1.29 is 13.3 Å². The number of thiophene rings is 1. The van der Waals surface area contributed by atoms with Gasteiger partial charge in [0, 0.05) is 28.7 Å². The Morgan fingerprint density at radius 2 is 2.05 bits per heavy atom. The molecule has 1 aromatic carbocycles. The fourth-order valence-electron chi connectivity index (χ4n) is 1.74. The van der Waals surface area contributed by atoms with Crippen LogP contribution in [-0.4, -0.2) is 13.3 Å². The molecular weight excluding hydrogens is 314 g/mol. The summed E-state index contributed by atoms with van der Waals surface area (Å²) in [7, 11) is -3.71. The third kappa shape index (κ3) is 3.38. The van der Waals surface area contributed by atoms with E-state index in [4.69, 9.17) is 5.73 Å². The zero-order valence-electron chi connectivity index (χ0n) is 11.1. The van der Waals surface area contributed by atoms with Gasteiger partial charge in [-0.15, -0.1) is 11.3 Å². The maximum absolute atomic E-state index is 12.2. The highest BCUT2D eigenvalue weighted by atomic mass is 32.2. The topological polar surface area (TPSA) is 115 Å². The van der Waals surface area contributed by atoms with Gasteiger partial charge in [0.05, 0.1) is 4.92 Å². The molecule has 0 bridgehead atoms. The second kappa shape index (κ2) is 5.80. The number of aryl methyl sites for hydroxylation is 1. The molecular formula is C12H13N3O4S2. The highest BCUT2D eigenvalue weighted by Crippen LogP contribution is 2.26. The molecule has 2 rings (SSSR count). The Hall–Kier alpha value is -1.97. The number of benzene rings is 1. The average molecular weight is 327 g/mol. The highest BCUT2D eigenvalue weighted by Gasteiger charge is 2.18. The number of nitrogens with two attached hydrogens (primary N) is 1. The number of hydrogen-bond acceptors (Lipinski definition) is 6. The van der Waals surface area contributed by atoms with E-state index in [-0.39, 0.29) is 22.1 Å². The molecule has 0 aliphatic rings. The number of hydrogen-bond donors (Lipinski definition) is 2. The summed E-state index contributed by atoms with van der Waals surface area (Å²) in [6.45, 7) is 1.82. The van der Waals surface area contributed by atoms with Crippen LogP contribution >= 0.6 is 11.3 Å². The Balaban J connectivity index is 2.28. The minimum absolute atomic E-state index is 0.0560. The smallest absolute Gasteiger partial charge is 0.272 e. The van der Waals surface area contributed by atoms with E-state index in [9.17, 15) is 18.5 Å². The number of nitro groups is 1. The maximum Gasteiger partial charge on any atom is 0.272 e. The van der Waals surface area contributed by atoms with Crippen LogP contribution in [0.15, 0.2) is 34.5 Å². The molecule has 9 heteroatoms. The monoisotopic (exact) mass is 327 g/mol. The predicted octanol–water partition coefficient (Wildman–Crippen LogP) is 2.22. The van der Waals surface area contributed by atoms with Gasteiger partial charge in [-0.1, -0.05) is 0 Å². The van der Waals surface area contributed by atoms with Gasteiger partial charge in [0.15, 0.2) is 0 Å². The highest BCUT2D eigenvalue weighted by molar-refractivity contribution is 7.94. The van der Waals surface area contributed by atoms with Gasteiger partial charge in [-0.2, -0.15) is 0 Å². The third-order valence-electron chi connectivity index (χ3n) is 2.75. The van der Waals surface area contributed by atoms with Gasteiger partial charge in [-0.3, -0.25) is 14.8 Å². The molecule has 0 aliphatic heterocycles. The van der Waals surface area contributed by atoms with E-state index in [0.717, 1.165) is 16.2 Å². The summed E-state index contributed by atoms with van der Waals surface area (Å²) >= 11 is 1.09. The molecule has 0 saturated carbocycles. The third-order valence-corrected chi connectivity index (χ3v) is 5.73. The standard InChI is InChI=1S/C12H13N3O4S2/c1-8-6-9(2-4-11(8)15(16)17)14-21(18,19)12-5-3-10(7-13)20-12/h2-6,14H,7,13H2,1H3. The van der Waals surface area contributed by atoms with Crippen molar-refractivity contribution in [2.45, 2.75) is 17.7 Å². The van der Waals surface area contributed by atoms with Crippen molar-refractivity contribution >= 4 is 32.7 Å². The van der Waals surface area contributed by atoms with Crippen LogP contribution in [0.1, 0.15) is 10.4 Å². The van der Waals surface area contributed by atoms with Crippen LogP contribution < -0.4 is 10.5 Å². The van der Waals surface area contributed by atoms with Crippen molar-refractivity contribution in [2.75, 3.05) is 4.72 Å². The molecule has 0 fully saturated rings. The lowest BCUT2D eigenvalue weighted by molar-refractivity contribution is -0.385. The molecule has 0 radical (unpaired) electrons. The van der Waals surface area contributed by atoms with Crippen molar-refractivity contribution in [1.29, 1.82) is 0 Å². The summed E-state index contributed by atoms with van der Waals surface area (Å²) in [5, 5.41) is 10.7. The number of anilines is 1. The van der Waals surface area contributed by atoms with Crippen LogP contribution in [0.2, 0.25) is 0 Å². The second-order valence-corrected chi connectivity index (χ2v) is 7.37. The largest absolute Gasteiger partial charge is 0.326 e. The number of rotatable bonds is 5. The summed E-state index contributed by atoms with van der Waals surface area (Å²) in [5.41, 5.74) is 6.06. The Bertz CT molecular complexity index is 784. The number of nitrogens with one attached hydrogen (secondary N) is 1. The van der Waals surface area contributed by atoms with Gasteiger partial charge in [0.2, 0.25) is 0 Å². The molecule has 112 valence electrons. The van der Waals surface area contributed by atoms with Crippen LogP contribution in [-0.2, 0) is 16.6 Å². The van der Waals surface area contributed by atoms with E-state index in [1.54, 1.807) is 13.0 Å². The Morgan fingerprint density at radius 1 is 1.33 bits per heavy atom. The second-order valence-electron chi connectivity index (χ2n) is 4.29. The molecule has 2 aromatic rings. The van der Waals surface area contributed by atoms with Crippen LogP contribution in [0.5, 0.6) is 0 Å². The molecule has 1 heterocycles. The SMILES string of the molecule is Cc1cc(NS(=O)(=O)c2ccc(CN)s2)ccc1[N+](=O)[O-]. The molecule has 0 saturated heterocycles. The van der Waals surface area contributed by atoms with Gasteiger partial charge >= 0.3 is 0 Å². The number of nitro benzene ring substituents is 1. The predicted molar refractivity (Wildman–Crippen MR) is 80.9 cm³/mol. The Kier molecular flexibility index (Phi) is 4.26. The van der Waals surface area contributed by atoms with Crippen molar-refractivity contribution in [3.8, 4) is 0 Å². The lowest BCUT2D eigenvalue weighted by Gasteiger charge is -2.07. The first-order valence-corrected chi connectivity index (χ1v) is 8.20. The average Bonchev–Trinajstić information content (AvgIpc) is 2.87. The van der Waals surface area contributed by atoms with Gasteiger partial charge in [-0.25, -0.2) is 8.42 Å². The fraction of sp³-hybridized carbons (Fsp3) is 0.167. The molecule has 7 nitrogen and oxygen atoms in total. The summed E-state index contributed by atoms with van der Waals surface area (Å²) < 4.78 is 26.9. The first-order chi connectivity index (χ1) is 9.83. The minimum atomic E-state index is -3.71. The first kappa shape index (κ1) is 15.4. The lowest BCUT2D eigenvalue weighted by Crippen LogP contribution is -2.11. The quantitative estimate of drug-likeness (QED) is 0.645. The van der Waals surface area contributed by atoms with Crippen LogP contribution in [0.25, 0.3) is 0 Å². The number of sulfonamides is 1. The van der Waals surface area contributed by atoms with E-state index < -0.39 is 14.9 Å². The first-order valence-electron chi connectivity index (χ1n) is 5.90. The molecule has 21 heavy (non-hydrogen) atoms. The zero-order chi connectivity index (χ0) is 15.6. The van der Waals surface area contributed by atoms with E-state index in [1.807, 2.05) is 0 Å². The molecule has 3 N–H and O–H groups in total. The summed E-state index contributed by atoms with van der Waals surface area (Å²) in [6.07, 6.45) is 0. The molecule has 0 aliphatic carbocycles. The van der Waals surface area contributed by atoms with E-state index in [2.05, 4.69) is 4.72 Å². The molecule has 0 atom stereocenters. The molecule has 0 unspecified atom stereocenters. The van der Waals surface area contributed by atoms with Crippen LogP contribution in [0, 0.1) is 17.0 Å². The van der Waals surface area contributed by atoms with Crippen LogP contribution in [0.4, 0.5) is 11.4 Å². The molecule has 0 spiro atoms. The zero-order valence-corrected chi connectivity index (χ0v) is 12.7. The summed E-state index contributed by atoms with van der Waals surface area (Å²) in [6, 6.07) is 7.19. The summed E-state index contributed by atoms with van der Waals surface area (Å²) in [4.78, 5) is 11.0. The van der Waals surface area contributed by atoms with Gasteiger partial charge < -0.3 is 5.73 Å². The minimum Gasteiger partial charge on any atom is -0.326 e. The fourth-order valence-corrected chi connectivity index (χ4v) is 4.03. The van der Waals surface area contributed by atoms with E-state index >= 15 is 0 Å². The van der Waals surface area contributed by atoms with E-state index in [0.29, 0.717) is 5.56 Å². The van der Waals surface area contributed by atoms with E-state index in [1.165, 1.54) is 24.3 Å². The van der Waals surface area contributed by atoms with Crippen molar-refractivity contribution in [2.24, 2.45) is 5.73 Å². The van der Waals surface area contributed by atoms with Crippen LogP contribution in [0.3, 0.4) is 0 Å². The summed E-state index contributed by atoms with van der Waals surface area (Å²) in [5.74, 6) is 0. The number of nitrogens with zero attached hydrogens (tertiary/aromatic N) is 1. The maximum atomic E-state index is 12.2. The molecule has 0 amide bonds. The molecule has 1 aromatic heterocycles. The lowest BCUT2D eigenvalue weighted by atomic mass is 10.2. The van der Waals surface area contributed by atoms with Gasteiger partial charge in [-0.05, 0) is 31.2 Å². The van der Waals surface area contributed by atoms with Crippen molar-refractivity contribution in [3.05, 3.63) is 50.9 Å². The normalized spacial score (nSPS) is 11.3. The van der Waals surface area contributed by atoms with Crippen molar-refractivity contribution in [3.63, 3.8) is 0 Å². The Labute approximate surface area is 125 Å². The Morgan fingerprint density at radius 3 is 2.57 bits per heavy atom.